The van der Waals surface area contributed by atoms with Crippen LogP contribution in [-0.2, 0) is 23.1 Å². The third kappa shape index (κ3) is 5.33. The monoisotopic (exact) mass is 233 g/mol. The number of nitrogens with zero attached hydrogens (tertiary/aromatic N) is 1. The van der Waals surface area contributed by atoms with Gasteiger partial charge in [-0.2, -0.15) is 5.26 Å². The summed E-state index contributed by atoms with van der Waals surface area (Å²) >= 11 is 0. The van der Waals surface area contributed by atoms with Crippen molar-refractivity contribution in [2.24, 2.45) is 0 Å². The standard InChI is InChI=1S/C8H12NO5P/c1-7(2)8(10)13-4-5-14-15(11,6-9)12-3/h1,4-5H2,2-3H3. The summed E-state index contributed by atoms with van der Waals surface area (Å²) in [6.45, 7) is 4.59. The van der Waals surface area contributed by atoms with E-state index in [2.05, 4.69) is 20.4 Å². The summed E-state index contributed by atoms with van der Waals surface area (Å²) in [5.74, 6) is 0.825. The number of ether oxygens (including phenoxy) is 1. The Morgan fingerprint density at radius 2 is 2.13 bits per heavy atom. The van der Waals surface area contributed by atoms with Crippen molar-refractivity contribution in [2.75, 3.05) is 20.3 Å². The van der Waals surface area contributed by atoms with Crippen LogP contribution in [0.3, 0.4) is 0 Å². The predicted octanol–water partition coefficient (Wildman–Crippen LogP) is 1.44. The van der Waals surface area contributed by atoms with Gasteiger partial charge in [-0.05, 0) is 6.92 Å². The lowest BCUT2D eigenvalue weighted by atomic mass is 10.4. The smallest absolute Gasteiger partial charge is 0.431 e. The molecule has 0 aliphatic heterocycles. The predicted molar refractivity (Wildman–Crippen MR) is 52.0 cm³/mol. The van der Waals surface area contributed by atoms with Gasteiger partial charge in [-0.25, -0.2) is 9.36 Å². The molecule has 0 aromatic carbocycles. The Balaban J connectivity index is 3.83. The molecule has 0 amide bonds. The van der Waals surface area contributed by atoms with Gasteiger partial charge >= 0.3 is 13.6 Å². The molecule has 0 aliphatic rings. The third-order valence-corrected chi connectivity index (χ3v) is 2.54. The summed E-state index contributed by atoms with van der Waals surface area (Å²) in [5.41, 5.74) is 0.255. The highest BCUT2D eigenvalue weighted by Gasteiger charge is 2.21. The van der Waals surface area contributed by atoms with Crippen molar-refractivity contribution in [3.8, 4) is 5.81 Å². The lowest BCUT2D eigenvalue weighted by Gasteiger charge is -2.08. The van der Waals surface area contributed by atoms with Gasteiger partial charge in [0, 0.05) is 12.7 Å². The van der Waals surface area contributed by atoms with Gasteiger partial charge in [0.1, 0.15) is 6.61 Å². The first-order valence-corrected chi connectivity index (χ1v) is 5.53. The van der Waals surface area contributed by atoms with Crippen molar-refractivity contribution in [1.82, 2.24) is 0 Å². The summed E-state index contributed by atoms with van der Waals surface area (Å²) in [4.78, 5) is 10.9. The lowest BCUT2D eigenvalue weighted by Crippen LogP contribution is -2.10. The van der Waals surface area contributed by atoms with Crippen molar-refractivity contribution < 1.29 is 23.1 Å². The normalized spacial score (nSPS) is 13.7. The quantitative estimate of drug-likeness (QED) is 0.298. The summed E-state index contributed by atoms with van der Waals surface area (Å²) < 4.78 is 24.8. The number of carbonyl (C=O) groups excluding carboxylic acids is 1. The molecule has 1 atom stereocenters. The molecule has 0 aliphatic carbocycles. The molecule has 0 aromatic heterocycles. The minimum Gasteiger partial charge on any atom is -0.460 e. The van der Waals surface area contributed by atoms with E-state index >= 15 is 0 Å². The second-order valence-electron chi connectivity index (χ2n) is 2.53. The maximum absolute atomic E-state index is 11.2. The molecule has 0 aromatic rings. The Hall–Kier alpha value is -1.15. The number of hydrogen-bond donors (Lipinski definition) is 0. The first kappa shape index (κ1) is 13.8. The van der Waals surface area contributed by atoms with Crippen molar-refractivity contribution in [3.63, 3.8) is 0 Å². The van der Waals surface area contributed by atoms with Crippen LogP contribution >= 0.6 is 7.60 Å². The fourth-order valence-electron chi connectivity index (χ4n) is 0.537. The lowest BCUT2D eigenvalue weighted by molar-refractivity contribution is -0.139. The topological polar surface area (TPSA) is 85.6 Å². The van der Waals surface area contributed by atoms with Gasteiger partial charge in [-0.1, -0.05) is 6.58 Å². The van der Waals surface area contributed by atoms with Crippen LogP contribution < -0.4 is 0 Å². The molecule has 7 heteroatoms. The molecule has 0 fully saturated rings. The number of hydrogen-bond acceptors (Lipinski definition) is 6. The molecule has 0 spiro atoms. The first-order valence-electron chi connectivity index (χ1n) is 3.99. The van der Waals surface area contributed by atoms with Crippen molar-refractivity contribution in [2.45, 2.75) is 6.92 Å². The highest BCUT2D eigenvalue weighted by molar-refractivity contribution is 7.59. The van der Waals surface area contributed by atoms with Gasteiger partial charge in [-0.3, -0.25) is 4.52 Å². The van der Waals surface area contributed by atoms with Gasteiger partial charge < -0.3 is 9.26 Å². The largest absolute Gasteiger partial charge is 0.460 e. The Labute approximate surface area is 88.0 Å². The molecule has 0 bridgehead atoms. The van der Waals surface area contributed by atoms with E-state index in [-0.39, 0.29) is 18.8 Å². The van der Waals surface area contributed by atoms with E-state index in [1.165, 1.54) is 12.7 Å². The number of rotatable bonds is 6. The Bertz CT molecular complexity index is 332. The minimum absolute atomic E-state index is 0.110. The molecular weight excluding hydrogens is 221 g/mol. The van der Waals surface area contributed by atoms with Crippen LogP contribution in [0.5, 0.6) is 0 Å². The Morgan fingerprint density at radius 3 is 2.53 bits per heavy atom. The average molecular weight is 233 g/mol. The maximum Gasteiger partial charge on any atom is 0.431 e. The fraction of sp³-hybridized carbons (Fsp3) is 0.500. The zero-order chi connectivity index (χ0) is 11.9. The molecular formula is C8H12NO5P. The van der Waals surface area contributed by atoms with Crippen LogP contribution in [-0.4, -0.2) is 26.3 Å². The molecule has 0 saturated carbocycles. The maximum atomic E-state index is 11.2. The second kappa shape index (κ2) is 6.36. The van der Waals surface area contributed by atoms with Crippen LogP contribution in [0.2, 0.25) is 0 Å². The van der Waals surface area contributed by atoms with Crippen molar-refractivity contribution >= 4 is 13.6 Å². The first-order chi connectivity index (χ1) is 6.95. The molecule has 1 unspecified atom stereocenters. The van der Waals surface area contributed by atoms with E-state index in [1.807, 2.05) is 0 Å². The zero-order valence-electron chi connectivity index (χ0n) is 8.56. The van der Waals surface area contributed by atoms with Gasteiger partial charge in [0.15, 0.2) is 5.81 Å². The molecule has 0 radical (unpaired) electrons. The van der Waals surface area contributed by atoms with Gasteiger partial charge in [0.2, 0.25) is 0 Å². The number of nitriles is 1. The van der Waals surface area contributed by atoms with Gasteiger partial charge in [0.25, 0.3) is 0 Å². The highest BCUT2D eigenvalue weighted by Crippen LogP contribution is 2.45. The molecule has 0 saturated heterocycles. The summed E-state index contributed by atoms with van der Waals surface area (Å²) in [6, 6.07) is 0. The van der Waals surface area contributed by atoms with E-state index in [4.69, 9.17) is 5.26 Å². The van der Waals surface area contributed by atoms with Crippen LogP contribution in [0, 0.1) is 11.1 Å². The summed E-state index contributed by atoms with van der Waals surface area (Å²) in [6.07, 6.45) is 0. The Kier molecular flexibility index (Phi) is 5.87. The van der Waals surface area contributed by atoms with Crippen molar-refractivity contribution in [1.29, 1.82) is 5.26 Å². The van der Waals surface area contributed by atoms with Gasteiger partial charge in [-0.15, -0.1) is 0 Å². The molecule has 0 N–H and O–H groups in total. The van der Waals surface area contributed by atoms with Crippen LogP contribution in [0.25, 0.3) is 0 Å². The average Bonchev–Trinajstić information content (AvgIpc) is 2.23. The molecule has 6 nitrogen and oxygen atoms in total. The van der Waals surface area contributed by atoms with E-state index in [0.29, 0.717) is 0 Å². The number of carbonyl (C=O) groups is 1. The molecule has 84 valence electrons. The number of esters is 1. The molecule has 0 heterocycles. The zero-order valence-corrected chi connectivity index (χ0v) is 9.45. The third-order valence-electron chi connectivity index (χ3n) is 1.29. The second-order valence-corrected chi connectivity index (χ2v) is 4.35. The highest BCUT2D eigenvalue weighted by atomic mass is 31.2. The van der Waals surface area contributed by atoms with Crippen LogP contribution in [0.15, 0.2) is 12.2 Å². The van der Waals surface area contributed by atoms with E-state index < -0.39 is 13.6 Å². The van der Waals surface area contributed by atoms with E-state index in [0.717, 1.165) is 7.11 Å². The fourth-order valence-corrected chi connectivity index (χ4v) is 1.10. The van der Waals surface area contributed by atoms with E-state index in [1.54, 1.807) is 0 Å². The van der Waals surface area contributed by atoms with Crippen LogP contribution in [0.4, 0.5) is 0 Å². The molecule has 15 heavy (non-hydrogen) atoms. The summed E-state index contributed by atoms with van der Waals surface area (Å²) in [5, 5.41) is 8.40. The van der Waals surface area contributed by atoms with Gasteiger partial charge in [0.05, 0.1) is 6.61 Å². The summed E-state index contributed by atoms with van der Waals surface area (Å²) in [7, 11) is -2.57. The van der Waals surface area contributed by atoms with Crippen LogP contribution in [0.1, 0.15) is 6.92 Å². The SMILES string of the molecule is C=C(C)C(=O)OCCOP(=O)(C#N)OC. The van der Waals surface area contributed by atoms with E-state index in [9.17, 15) is 9.36 Å². The van der Waals surface area contributed by atoms with Crippen molar-refractivity contribution in [3.05, 3.63) is 12.2 Å². The molecule has 0 rings (SSSR count). The Morgan fingerprint density at radius 1 is 1.53 bits per heavy atom. The minimum atomic E-state index is -3.67.